The molecular formula is C11H28N2Si. The van der Waals surface area contributed by atoms with Crippen LogP contribution in [0.15, 0.2) is 0 Å². The van der Waals surface area contributed by atoms with Crippen molar-refractivity contribution in [3.8, 4) is 0 Å². The Hall–Kier alpha value is 0.137. The highest BCUT2D eigenvalue weighted by Gasteiger charge is 2.20. The molecule has 0 aliphatic rings. The summed E-state index contributed by atoms with van der Waals surface area (Å²) in [5.74, 6) is 0. The summed E-state index contributed by atoms with van der Waals surface area (Å²) in [4.78, 5) is 0. The fraction of sp³-hybridized carbons (Fsp3) is 1.00. The van der Waals surface area contributed by atoms with Crippen molar-refractivity contribution in [2.24, 2.45) is 0 Å². The summed E-state index contributed by atoms with van der Waals surface area (Å²) in [6.45, 7) is 16.1. The summed E-state index contributed by atoms with van der Waals surface area (Å²) >= 11 is 0. The van der Waals surface area contributed by atoms with Crippen molar-refractivity contribution >= 4 is 8.07 Å². The van der Waals surface area contributed by atoms with E-state index in [4.69, 9.17) is 0 Å². The molecule has 2 nitrogen and oxygen atoms in total. The van der Waals surface area contributed by atoms with Crippen molar-refractivity contribution in [3.05, 3.63) is 0 Å². The molecule has 0 aromatic heterocycles. The van der Waals surface area contributed by atoms with Gasteiger partial charge in [-0.05, 0) is 33.7 Å². The van der Waals surface area contributed by atoms with E-state index >= 15 is 0 Å². The van der Waals surface area contributed by atoms with E-state index in [2.05, 4.69) is 58.0 Å². The van der Waals surface area contributed by atoms with Gasteiger partial charge < -0.3 is 0 Å². The first-order valence-corrected chi connectivity index (χ1v) is 9.43. The van der Waals surface area contributed by atoms with Gasteiger partial charge in [-0.25, -0.2) is 0 Å². The van der Waals surface area contributed by atoms with Crippen LogP contribution in [0.25, 0.3) is 0 Å². The number of rotatable bonds is 6. The first-order chi connectivity index (χ1) is 6.20. The molecule has 0 spiro atoms. The maximum Gasteiger partial charge on any atom is 0.0551 e. The van der Waals surface area contributed by atoms with Gasteiger partial charge in [0.1, 0.15) is 0 Å². The minimum absolute atomic E-state index is 0.488. The van der Waals surface area contributed by atoms with Gasteiger partial charge in [0.05, 0.1) is 6.17 Å². The second kappa shape index (κ2) is 5.88. The third kappa shape index (κ3) is 8.72. The molecular weight excluding hydrogens is 188 g/mol. The molecule has 14 heavy (non-hydrogen) atoms. The molecule has 0 fully saturated rings. The van der Waals surface area contributed by atoms with Gasteiger partial charge in [0.25, 0.3) is 0 Å². The molecule has 0 bridgehead atoms. The maximum atomic E-state index is 3.59. The van der Waals surface area contributed by atoms with E-state index in [-0.39, 0.29) is 0 Å². The highest BCUT2D eigenvalue weighted by molar-refractivity contribution is 6.76. The Labute approximate surface area is 90.9 Å². The summed E-state index contributed by atoms with van der Waals surface area (Å²) in [6.07, 6.45) is 0.488. The molecule has 0 aliphatic heterocycles. The lowest BCUT2D eigenvalue weighted by Gasteiger charge is -2.29. The van der Waals surface area contributed by atoms with Crippen LogP contribution in [0, 0.1) is 0 Å². The molecule has 0 saturated heterocycles. The zero-order valence-electron chi connectivity index (χ0n) is 10.9. The second-order valence-electron chi connectivity index (χ2n) is 5.96. The molecule has 0 saturated carbocycles. The average Bonchev–Trinajstić information content (AvgIpc) is 1.77. The van der Waals surface area contributed by atoms with Crippen LogP contribution in [0.3, 0.4) is 0 Å². The Kier molecular flexibility index (Phi) is 5.94. The van der Waals surface area contributed by atoms with Gasteiger partial charge in [-0.2, -0.15) is 0 Å². The van der Waals surface area contributed by atoms with Gasteiger partial charge in [0, 0.05) is 20.2 Å². The van der Waals surface area contributed by atoms with Crippen LogP contribution < -0.4 is 10.6 Å². The van der Waals surface area contributed by atoms with E-state index in [0.29, 0.717) is 18.2 Å². The van der Waals surface area contributed by atoms with Crippen LogP contribution in [-0.2, 0) is 0 Å². The van der Waals surface area contributed by atoms with Crippen LogP contribution in [0.1, 0.15) is 27.7 Å². The number of nitrogens with one attached hydrogen (secondary N) is 2. The second-order valence-corrected chi connectivity index (χ2v) is 11.5. The molecule has 0 rings (SSSR count). The van der Waals surface area contributed by atoms with Crippen molar-refractivity contribution in [1.29, 1.82) is 0 Å². The Morgan fingerprint density at radius 1 is 0.857 bits per heavy atom. The van der Waals surface area contributed by atoms with E-state index in [9.17, 15) is 0 Å². The van der Waals surface area contributed by atoms with E-state index in [0.717, 1.165) is 0 Å². The van der Waals surface area contributed by atoms with E-state index in [1.807, 2.05) is 0 Å². The Bertz CT molecular complexity index is 140. The third-order valence-electron chi connectivity index (χ3n) is 1.89. The van der Waals surface area contributed by atoms with Gasteiger partial charge in [-0.3, -0.25) is 10.6 Å². The van der Waals surface area contributed by atoms with E-state index < -0.39 is 8.07 Å². The summed E-state index contributed by atoms with van der Waals surface area (Å²) in [5.41, 5.74) is 0. The Morgan fingerprint density at radius 2 is 1.21 bits per heavy atom. The standard InChI is InChI=1S/C11H28N2Si/c1-9(2)12-11(13-10(3)4)8-14(5,6)7/h9-13H,8H2,1-7H3. The minimum Gasteiger partial charge on any atom is -0.300 e. The molecule has 0 atom stereocenters. The topological polar surface area (TPSA) is 24.1 Å². The van der Waals surface area contributed by atoms with Crippen LogP contribution >= 0.6 is 0 Å². The zero-order chi connectivity index (χ0) is 11.4. The monoisotopic (exact) mass is 216 g/mol. The molecule has 0 aromatic carbocycles. The predicted octanol–water partition coefficient (Wildman–Crippen LogP) is 2.65. The van der Waals surface area contributed by atoms with Gasteiger partial charge >= 0.3 is 0 Å². The molecule has 0 aromatic rings. The van der Waals surface area contributed by atoms with Gasteiger partial charge in [0.2, 0.25) is 0 Å². The highest BCUT2D eigenvalue weighted by atomic mass is 28.3. The number of hydrogen-bond donors (Lipinski definition) is 2. The van der Waals surface area contributed by atoms with Crippen molar-refractivity contribution in [3.63, 3.8) is 0 Å². The first-order valence-electron chi connectivity index (χ1n) is 5.73. The summed E-state index contributed by atoms with van der Waals surface area (Å²) in [7, 11) is -0.979. The first kappa shape index (κ1) is 14.1. The lowest BCUT2D eigenvalue weighted by molar-refractivity contribution is 0.386. The molecule has 3 heteroatoms. The fourth-order valence-corrected chi connectivity index (χ4v) is 3.04. The largest absolute Gasteiger partial charge is 0.300 e. The van der Waals surface area contributed by atoms with Crippen molar-refractivity contribution in [2.75, 3.05) is 0 Å². The van der Waals surface area contributed by atoms with Crippen LogP contribution in [0.4, 0.5) is 0 Å². The van der Waals surface area contributed by atoms with Gasteiger partial charge in [-0.15, -0.1) is 0 Å². The Morgan fingerprint density at radius 3 is 1.43 bits per heavy atom. The van der Waals surface area contributed by atoms with Crippen molar-refractivity contribution in [1.82, 2.24) is 10.6 Å². The lowest BCUT2D eigenvalue weighted by atomic mass is 10.3. The molecule has 86 valence electrons. The Balaban J connectivity index is 4.11. The van der Waals surface area contributed by atoms with Crippen molar-refractivity contribution < 1.29 is 0 Å². The lowest BCUT2D eigenvalue weighted by Crippen LogP contribution is -2.51. The van der Waals surface area contributed by atoms with E-state index in [1.165, 1.54) is 6.04 Å². The SMILES string of the molecule is CC(C)NC(C[Si](C)(C)C)NC(C)C. The summed E-state index contributed by atoms with van der Waals surface area (Å²) in [5, 5.41) is 7.18. The molecule has 2 N–H and O–H groups in total. The summed E-state index contributed by atoms with van der Waals surface area (Å²) < 4.78 is 0. The van der Waals surface area contributed by atoms with Crippen LogP contribution in [-0.4, -0.2) is 26.3 Å². The molecule has 0 heterocycles. The predicted molar refractivity (Wildman–Crippen MR) is 68.5 cm³/mol. The van der Waals surface area contributed by atoms with Gasteiger partial charge in [0.15, 0.2) is 0 Å². The number of hydrogen-bond acceptors (Lipinski definition) is 2. The average molecular weight is 216 g/mol. The maximum absolute atomic E-state index is 3.59. The minimum atomic E-state index is -0.979. The highest BCUT2D eigenvalue weighted by Crippen LogP contribution is 2.11. The third-order valence-corrected chi connectivity index (χ3v) is 3.52. The van der Waals surface area contributed by atoms with Crippen LogP contribution in [0.2, 0.25) is 25.7 Å². The quantitative estimate of drug-likeness (QED) is 0.527. The molecule has 0 unspecified atom stereocenters. The molecule has 0 aliphatic carbocycles. The molecule has 0 radical (unpaired) electrons. The molecule has 0 amide bonds. The van der Waals surface area contributed by atoms with Crippen molar-refractivity contribution in [2.45, 2.75) is 71.6 Å². The summed E-state index contributed by atoms with van der Waals surface area (Å²) in [6, 6.07) is 2.41. The van der Waals surface area contributed by atoms with E-state index in [1.54, 1.807) is 0 Å². The normalized spacial score (nSPS) is 13.3. The fourth-order valence-electron chi connectivity index (χ4n) is 1.58. The van der Waals surface area contributed by atoms with Crippen LogP contribution in [0.5, 0.6) is 0 Å². The zero-order valence-corrected chi connectivity index (χ0v) is 11.9. The smallest absolute Gasteiger partial charge is 0.0551 e. The van der Waals surface area contributed by atoms with Gasteiger partial charge in [-0.1, -0.05) is 19.6 Å².